The summed E-state index contributed by atoms with van der Waals surface area (Å²) < 4.78 is 1.42. The van der Waals surface area contributed by atoms with Gasteiger partial charge in [0.2, 0.25) is 18.1 Å². The van der Waals surface area contributed by atoms with E-state index in [4.69, 9.17) is 5.21 Å². The summed E-state index contributed by atoms with van der Waals surface area (Å²) in [6.45, 7) is 6.55. The predicted molar refractivity (Wildman–Crippen MR) is 62.0 cm³/mol. The summed E-state index contributed by atoms with van der Waals surface area (Å²) >= 11 is 0. The molecule has 2 N–H and O–H groups in total. The molecule has 1 atom stereocenters. The summed E-state index contributed by atoms with van der Waals surface area (Å²) in [6.07, 6.45) is 1.15. The summed E-state index contributed by atoms with van der Waals surface area (Å²) in [5.41, 5.74) is 1.50. The summed E-state index contributed by atoms with van der Waals surface area (Å²) in [6, 6.07) is -0.627. The zero-order chi connectivity index (χ0) is 13.2. The van der Waals surface area contributed by atoms with E-state index in [1.54, 1.807) is 20.8 Å². The second-order valence-corrected chi connectivity index (χ2v) is 3.86. The van der Waals surface area contributed by atoms with Crippen molar-refractivity contribution in [3.05, 3.63) is 22.4 Å². The summed E-state index contributed by atoms with van der Waals surface area (Å²) in [5.74, 6) is 0.146. The smallest absolute Gasteiger partial charge is 0.233 e. The van der Waals surface area contributed by atoms with Crippen molar-refractivity contribution >= 4 is 11.9 Å². The Hall–Kier alpha value is -2.05. The van der Waals surface area contributed by atoms with Gasteiger partial charge in [-0.15, -0.1) is 0 Å². The molecule has 7 nitrogen and oxygen atoms in total. The second kappa shape index (κ2) is 4.86. The molecule has 1 aromatic heterocycles. The standard InChI is InChI=1S/C10H16N4O3/c1-6-9(4)14(17)10(11-6)5-13(16)8(3)7(2)12-15/h5,8,15,17H,1-4H3/b12-7-,13-5-/t8-/m1/s1. The normalized spacial score (nSPS) is 15.1. The molecule has 94 valence electrons. The van der Waals surface area contributed by atoms with Crippen LogP contribution in [-0.2, 0) is 0 Å². The van der Waals surface area contributed by atoms with Gasteiger partial charge in [0.1, 0.15) is 5.71 Å². The molecule has 0 bridgehead atoms. The van der Waals surface area contributed by atoms with Gasteiger partial charge in [0.05, 0.1) is 11.4 Å². The van der Waals surface area contributed by atoms with Crippen LogP contribution in [0.2, 0.25) is 0 Å². The van der Waals surface area contributed by atoms with E-state index in [1.165, 1.54) is 6.92 Å². The highest BCUT2D eigenvalue weighted by Crippen LogP contribution is 2.05. The van der Waals surface area contributed by atoms with E-state index in [0.29, 0.717) is 16.1 Å². The van der Waals surface area contributed by atoms with E-state index in [0.717, 1.165) is 10.9 Å². The minimum Gasteiger partial charge on any atom is -0.623 e. The van der Waals surface area contributed by atoms with Crippen LogP contribution < -0.4 is 0 Å². The minimum absolute atomic E-state index is 0.146. The van der Waals surface area contributed by atoms with Crippen LogP contribution in [0.5, 0.6) is 0 Å². The average molecular weight is 240 g/mol. The van der Waals surface area contributed by atoms with E-state index in [2.05, 4.69) is 10.1 Å². The zero-order valence-electron chi connectivity index (χ0n) is 10.2. The molecule has 0 aliphatic rings. The van der Waals surface area contributed by atoms with Crippen molar-refractivity contribution in [1.82, 2.24) is 9.71 Å². The Bertz CT molecular complexity index is 476. The molecule has 0 aromatic carbocycles. The Kier molecular flexibility index (Phi) is 3.72. The maximum absolute atomic E-state index is 11.7. The van der Waals surface area contributed by atoms with E-state index >= 15 is 0 Å². The lowest BCUT2D eigenvalue weighted by atomic mass is 10.2. The zero-order valence-corrected chi connectivity index (χ0v) is 10.2. The number of aromatic nitrogens is 2. The third-order valence-corrected chi connectivity index (χ3v) is 2.73. The topological polar surface area (TPSA) is 96.7 Å². The fourth-order valence-electron chi connectivity index (χ4n) is 1.20. The first-order valence-electron chi connectivity index (χ1n) is 5.12. The Morgan fingerprint density at radius 2 is 2.18 bits per heavy atom. The number of aryl methyl sites for hydroxylation is 1. The van der Waals surface area contributed by atoms with Crippen LogP contribution in [0.15, 0.2) is 5.16 Å². The molecule has 0 saturated carbocycles. The van der Waals surface area contributed by atoms with Gasteiger partial charge in [-0.25, -0.2) is 9.72 Å². The lowest BCUT2D eigenvalue weighted by Gasteiger charge is -2.10. The molecule has 1 rings (SSSR count). The van der Waals surface area contributed by atoms with Crippen molar-refractivity contribution < 1.29 is 15.2 Å². The lowest BCUT2D eigenvalue weighted by molar-refractivity contribution is -0.472. The molecule has 1 aromatic rings. The average Bonchev–Trinajstić information content (AvgIpc) is 2.55. The van der Waals surface area contributed by atoms with Crippen LogP contribution in [0, 0.1) is 19.1 Å². The summed E-state index contributed by atoms with van der Waals surface area (Å²) in [4.78, 5) is 4.03. The largest absolute Gasteiger partial charge is 0.623 e. The molecule has 0 amide bonds. The number of imidazole rings is 1. The molecule has 17 heavy (non-hydrogen) atoms. The van der Waals surface area contributed by atoms with Gasteiger partial charge < -0.3 is 15.6 Å². The number of nitrogens with zero attached hydrogens (tertiary/aromatic N) is 4. The molecule has 0 aliphatic heterocycles. The molecule has 7 heteroatoms. The third-order valence-electron chi connectivity index (χ3n) is 2.73. The number of hydroxylamine groups is 1. The number of oxime groups is 1. The van der Waals surface area contributed by atoms with Gasteiger partial charge >= 0.3 is 0 Å². The molecule has 0 saturated heterocycles. The van der Waals surface area contributed by atoms with Crippen molar-refractivity contribution in [3.63, 3.8) is 0 Å². The first-order valence-corrected chi connectivity index (χ1v) is 5.12. The van der Waals surface area contributed by atoms with Crippen LogP contribution in [0.25, 0.3) is 0 Å². The fourth-order valence-corrected chi connectivity index (χ4v) is 1.20. The van der Waals surface area contributed by atoms with E-state index in [1.807, 2.05) is 0 Å². The van der Waals surface area contributed by atoms with E-state index in [9.17, 15) is 10.4 Å². The lowest BCUT2D eigenvalue weighted by Crippen LogP contribution is -2.27. The molecular formula is C10H16N4O3. The molecule has 0 aliphatic carbocycles. The van der Waals surface area contributed by atoms with Gasteiger partial charge in [-0.05, 0) is 20.8 Å². The van der Waals surface area contributed by atoms with Crippen molar-refractivity contribution in [3.8, 4) is 0 Å². The molecule has 0 unspecified atom stereocenters. The number of hydrogen-bond acceptors (Lipinski definition) is 5. The monoisotopic (exact) mass is 240 g/mol. The Balaban J connectivity index is 3.07. The second-order valence-electron chi connectivity index (χ2n) is 3.86. The highest BCUT2D eigenvalue weighted by molar-refractivity contribution is 5.86. The quantitative estimate of drug-likeness (QED) is 0.205. The maximum Gasteiger partial charge on any atom is 0.233 e. The van der Waals surface area contributed by atoms with Crippen LogP contribution in [0.1, 0.15) is 31.1 Å². The summed E-state index contributed by atoms with van der Waals surface area (Å²) in [7, 11) is 0. The molecule has 1 heterocycles. The van der Waals surface area contributed by atoms with Crippen LogP contribution in [0.4, 0.5) is 0 Å². The highest BCUT2D eigenvalue weighted by atomic mass is 16.5. The van der Waals surface area contributed by atoms with Crippen molar-refractivity contribution in [2.24, 2.45) is 5.16 Å². The molecular weight excluding hydrogens is 224 g/mol. The van der Waals surface area contributed by atoms with Gasteiger partial charge in [0, 0.05) is 6.92 Å². The fraction of sp³-hybridized carbons (Fsp3) is 0.500. The maximum atomic E-state index is 11.7. The predicted octanol–water partition coefficient (Wildman–Crippen LogP) is 0.905. The van der Waals surface area contributed by atoms with Gasteiger partial charge in [-0.3, -0.25) is 0 Å². The van der Waals surface area contributed by atoms with Crippen molar-refractivity contribution in [1.29, 1.82) is 0 Å². The van der Waals surface area contributed by atoms with Crippen LogP contribution in [-0.4, -0.2) is 42.8 Å². The minimum atomic E-state index is -0.627. The number of rotatable bonds is 3. The summed E-state index contributed by atoms with van der Waals surface area (Å²) in [5, 5.41) is 32.8. The van der Waals surface area contributed by atoms with Crippen LogP contribution in [0.3, 0.4) is 0 Å². The van der Waals surface area contributed by atoms with Crippen LogP contribution >= 0.6 is 0 Å². The third kappa shape index (κ3) is 2.55. The van der Waals surface area contributed by atoms with Gasteiger partial charge in [-0.2, -0.15) is 4.73 Å². The molecule has 0 spiro atoms. The Morgan fingerprint density at radius 1 is 1.59 bits per heavy atom. The van der Waals surface area contributed by atoms with Gasteiger partial charge in [0.15, 0.2) is 0 Å². The highest BCUT2D eigenvalue weighted by Gasteiger charge is 2.16. The Labute approximate surface area is 98.9 Å². The number of hydrogen-bond donors (Lipinski definition) is 2. The molecule has 0 radical (unpaired) electrons. The van der Waals surface area contributed by atoms with Gasteiger partial charge in [-0.1, -0.05) is 5.16 Å². The Morgan fingerprint density at radius 3 is 2.59 bits per heavy atom. The van der Waals surface area contributed by atoms with Gasteiger partial charge in [0.25, 0.3) is 0 Å². The van der Waals surface area contributed by atoms with Crippen molar-refractivity contribution in [2.45, 2.75) is 33.7 Å². The van der Waals surface area contributed by atoms with Crippen molar-refractivity contribution in [2.75, 3.05) is 0 Å². The molecule has 0 fully saturated rings. The first kappa shape index (κ1) is 13.0. The van der Waals surface area contributed by atoms with E-state index < -0.39 is 6.04 Å². The first-order chi connectivity index (χ1) is 7.88. The van der Waals surface area contributed by atoms with E-state index in [-0.39, 0.29) is 11.5 Å². The SMILES string of the molecule is C/C(=N/O)[C@@H](C)/[N+]([O-])=C/c1nc(C)c(C)n1O.